The summed E-state index contributed by atoms with van der Waals surface area (Å²) in [7, 11) is 1.52. The minimum atomic E-state index is -0.252. The summed E-state index contributed by atoms with van der Waals surface area (Å²) < 4.78 is 5.12. The summed E-state index contributed by atoms with van der Waals surface area (Å²) in [4.78, 5) is 12.0. The molecule has 0 saturated carbocycles. The van der Waals surface area contributed by atoms with Gasteiger partial charge in [-0.3, -0.25) is 4.79 Å². The van der Waals surface area contributed by atoms with Crippen molar-refractivity contribution in [1.82, 2.24) is 0 Å². The monoisotopic (exact) mass is 243 g/mol. The van der Waals surface area contributed by atoms with Gasteiger partial charge in [-0.25, -0.2) is 0 Å². The minimum Gasteiger partial charge on any atom is -0.508 e. The number of ether oxygens (including phenoxy) is 1. The predicted octanol–water partition coefficient (Wildman–Crippen LogP) is 2.65. The van der Waals surface area contributed by atoms with E-state index < -0.39 is 0 Å². The van der Waals surface area contributed by atoms with E-state index in [-0.39, 0.29) is 11.7 Å². The average molecular weight is 243 g/mol. The number of amides is 1. The molecule has 2 rings (SSSR count). The van der Waals surface area contributed by atoms with Crippen molar-refractivity contribution in [2.75, 3.05) is 12.4 Å². The average Bonchev–Trinajstić information content (AvgIpc) is 2.41. The maximum atomic E-state index is 12.0. The first-order chi connectivity index (χ1) is 8.70. The number of benzene rings is 2. The molecule has 0 fully saturated rings. The normalized spacial score (nSPS) is 9.83. The molecule has 0 aliphatic carbocycles. The fourth-order valence-electron chi connectivity index (χ4n) is 1.58. The number of para-hydroxylation sites is 1. The Morgan fingerprint density at radius 3 is 2.44 bits per heavy atom. The van der Waals surface area contributed by atoms with Crippen LogP contribution in [0.2, 0.25) is 0 Å². The predicted molar refractivity (Wildman–Crippen MR) is 69.1 cm³/mol. The van der Waals surface area contributed by atoms with Crippen molar-refractivity contribution >= 4 is 11.6 Å². The van der Waals surface area contributed by atoms with E-state index in [4.69, 9.17) is 9.84 Å². The van der Waals surface area contributed by atoms with Crippen molar-refractivity contribution in [2.24, 2.45) is 0 Å². The minimum absolute atomic E-state index is 0.158. The third kappa shape index (κ3) is 2.60. The lowest BCUT2D eigenvalue weighted by Crippen LogP contribution is -2.12. The standard InChI is InChI=1S/C14H13NO3/c1-18-13-5-3-2-4-12(13)14(17)15-10-6-8-11(16)9-7-10/h2-9,16H,1H3,(H,15,17). The van der Waals surface area contributed by atoms with Crippen LogP contribution in [-0.2, 0) is 0 Å². The SMILES string of the molecule is COc1ccccc1C(=O)Nc1ccc(O)cc1. The van der Waals surface area contributed by atoms with Crippen LogP contribution >= 0.6 is 0 Å². The largest absolute Gasteiger partial charge is 0.508 e. The zero-order chi connectivity index (χ0) is 13.0. The summed E-state index contributed by atoms with van der Waals surface area (Å²) in [6.45, 7) is 0. The van der Waals surface area contributed by atoms with Gasteiger partial charge in [0.1, 0.15) is 11.5 Å². The molecule has 0 aliphatic rings. The van der Waals surface area contributed by atoms with Crippen LogP contribution in [0.3, 0.4) is 0 Å². The second kappa shape index (κ2) is 5.23. The molecule has 0 heterocycles. The van der Waals surface area contributed by atoms with Crippen molar-refractivity contribution < 1.29 is 14.6 Å². The third-order valence-corrected chi connectivity index (χ3v) is 2.48. The molecule has 4 nitrogen and oxygen atoms in total. The summed E-state index contributed by atoms with van der Waals surface area (Å²) in [6.07, 6.45) is 0. The van der Waals surface area contributed by atoms with Crippen LogP contribution in [0.5, 0.6) is 11.5 Å². The van der Waals surface area contributed by atoms with E-state index in [2.05, 4.69) is 5.32 Å². The number of carbonyl (C=O) groups is 1. The molecule has 92 valence electrons. The number of rotatable bonds is 3. The number of methoxy groups -OCH3 is 1. The molecule has 1 amide bonds. The van der Waals surface area contributed by atoms with Crippen LogP contribution in [0.4, 0.5) is 5.69 Å². The molecule has 0 saturated heterocycles. The number of anilines is 1. The molecular weight excluding hydrogens is 230 g/mol. The fraction of sp³-hybridized carbons (Fsp3) is 0.0714. The zero-order valence-corrected chi connectivity index (χ0v) is 9.88. The maximum absolute atomic E-state index is 12.0. The summed E-state index contributed by atoms with van der Waals surface area (Å²) in [6, 6.07) is 13.3. The highest BCUT2D eigenvalue weighted by atomic mass is 16.5. The lowest BCUT2D eigenvalue weighted by molar-refractivity contribution is 0.102. The highest BCUT2D eigenvalue weighted by Crippen LogP contribution is 2.20. The van der Waals surface area contributed by atoms with Crippen LogP contribution in [0.15, 0.2) is 48.5 Å². The summed E-state index contributed by atoms with van der Waals surface area (Å²) in [5.74, 6) is 0.428. The summed E-state index contributed by atoms with van der Waals surface area (Å²) in [5, 5.41) is 11.9. The van der Waals surface area contributed by atoms with E-state index in [0.717, 1.165) is 0 Å². The van der Waals surface area contributed by atoms with Crippen molar-refractivity contribution in [1.29, 1.82) is 0 Å². The van der Waals surface area contributed by atoms with Crippen LogP contribution < -0.4 is 10.1 Å². The van der Waals surface area contributed by atoms with Gasteiger partial charge in [-0.05, 0) is 36.4 Å². The Bertz CT molecular complexity index is 549. The summed E-state index contributed by atoms with van der Waals surface area (Å²) >= 11 is 0. The Hall–Kier alpha value is -2.49. The quantitative estimate of drug-likeness (QED) is 0.815. The molecule has 4 heteroatoms. The van der Waals surface area contributed by atoms with Gasteiger partial charge < -0.3 is 15.2 Å². The molecule has 0 radical (unpaired) electrons. The van der Waals surface area contributed by atoms with Crippen LogP contribution in [0, 0.1) is 0 Å². The smallest absolute Gasteiger partial charge is 0.259 e. The second-order valence-corrected chi connectivity index (χ2v) is 3.70. The molecule has 2 aromatic carbocycles. The number of hydrogen-bond donors (Lipinski definition) is 2. The van der Waals surface area contributed by atoms with E-state index in [1.165, 1.54) is 19.2 Å². The van der Waals surface area contributed by atoms with Gasteiger partial charge in [0.25, 0.3) is 5.91 Å². The second-order valence-electron chi connectivity index (χ2n) is 3.70. The van der Waals surface area contributed by atoms with E-state index in [1.807, 2.05) is 0 Å². The maximum Gasteiger partial charge on any atom is 0.259 e. The molecule has 0 bridgehead atoms. The molecular formula is C14H13NO3. The zero-order valence-electron chi connectivity index (χ0n) is 9.88. The Morgan fingerprint density at radius 1 is 1.11 bits per heavy atom. The van der Waals surface area contributed by atoms with Crippen molar-refractivity contribution in [3.63, 3.8) is 0 Å². The molecule has 0 spiro atoms. The number of aromatic hydroxyl groups is 1. The van der Waals surface area contributed by atoms with Crippen LogP contribution in [0.1, 0.15) is 10.4 Å². The lowest BCUT2D eigenvalue weighted by Gasteiger charge is -2.09. The van der Waals surface area contributed by atoms with Gasteiger partial charge >= 0.3 is 0 Å². The molecule has 18 heavy (non-hydrogen) atoms. The van der Waals surface area contributed by atoms with Crippen molar-refractivity contribution in [3.8, 4) is 11.5 Å². The van der Waals surface area contributed by atoms with Crippen LogP contribution in [-0.4, -0.2) is 18.1 Å². The number of nitrogens with one attached hydrogen (secondary N) is 1. The third-order valence-electron chi connectivity index (χ3n) is 2.48. The van der Waals surface area contributed by atoms with Crippen molar-refractivity contribution in [2.45, 2.75) is 0 Å². The van der Waals surface area contributed by atoms with E-state index in [1.54, 1.807) is 36.4 Å². The Morgan fingerprint density at radius 2 is 1.78 bits per heavy atom. The number of phenolic OH excluding ortho intramolecular Hbond substituents is 1. The Kier molecular flexibility index (Phi) is 3.48. The topological polar surface area (TPSA) is 58.6 Å². The van der Waals surface area contributed by atoms with Gasteiger partial charge in [-0.2, -0.15) is 0 Å². The number of carbonyl (C=O) groups excluding carboxylic acids is 1. The van der Waals surface area contributed by atoms with Gasteiger partial charge in [0.2, 0.25) is 0 Å². The van der Waals surface area contributed by atoms with Crippen molar-refractivity contribution in [3.05, 3.63) is 54.1 Å². The van der Waals surface area contributed by atoms with Gasteiger partial charge in [0.05, 0.1) is 12.7 Å². The summed E-state index contributed by atoms with van der Waals surface area (Å²) in [5.41, 5.74) is 1.08. The molecule has 2 N–H and O–H groups in total. The first kappa shape index (κ1) is 12.0. The Labute approximate surface area is 105 Å². The highest BCUT2D eigenvalue weighted by molar-refractivity contribution is 6.06. The van der Waals surface area contributed by atoms with E-state index >= 15 is 0 Å². The van der Waals surface area contributed by atoms with E-state index in [0.29, 0.717) is 17.0 Å². The fourth-order valence-corrected chi connectivity index (χ4v) is 1.58. The Balaban J connectivity index is 2.19. The molecule has 0 aliphatic heterocycles. The van der Waals surface area contributed by atoms with Crippen LogP contribution in [0.25, 0.3) is 0 Å². The van der Waals surface area contributed by atoms with Gasteiger partial charge in [-0.15, -0.1) is 0 Å². The number of phenols is 1. The lowest BCUT2D eigenvalue weighted by atomic mass is 10.2. The number of hydrogen-bond acceptors (Lipinski definition) is 3. The first-order valence-corrected chi connectivity index (χ1v) is 5.44. The van der Waals surface area contributed by atoms with Gasteiger partial charge in [-0.1, -0.05) is 12.1 Å². The van der Waals surface area contributed by atoms with Gasteiger partial charge in [0.15, 0.2) is 0 Å². The molecule has 0 atom stereocenters. The van der Waals surface area contributed by atoms with E-state index in [9.17, 15) is 4.79 Å². The first-order valence-electron chi connectivity index (χ1n) is 5.44. The molecule has 2 aromatic rings. The molecule has 0 unspecified atom stereocenters. The van der Waals surface area contributed by atoms with Gasteiger partial charge in [0, 0.05) is 5.69 Å². The highest BCUT2D eigenvalue weighted by Gasteiger charge is 2.11. The molecule has 0 aromatic heterocycles.